The summed E-state index contributed by atoms with van der Waals surface area (Å²) in [5, 5.41) is 35.4. The third kappa shape index (κ3) is 4.82. The Morgan fingerprint density at radius 3 is 2.51 bits per heavy atom. The zero-order chi connectivity index (χ0) is 33.5. The number of aliphatic hydroxyl groups is 1. The number of phenolic OH excluding ortho intramolecular Hbond substituents is 2. The van der Waals surface area contributed by atoms with Gasteiger partial charge in [0, 0.05) is 55.0 Å². The van der Waals surface area contributed by atoms with Gasteiger partial charge in [-0.05, 0) is 13.0 Å². The lowest BCUT2D eigenvalue weighted by Crippen LogP contribution is -2.55. The van der Waals surface area contributed by atoms with Crippen molar-refractivity contribution in [2.75, 3.05) is 27.6 Å². The maximum Gasteiger partial charge on any atom is 0.202 e. The summed E-state index contributed by atoms with van der Waals surface area (Å²) in [7, 11) is 2.96. The van der Waals surface area contributed by atoms with Crippen molar-refractivity contribution in [2.24, 2.45) is 5.92 Å². The van der Waals surface area contributed by atoms with Gasteiger partial charge in [0.1, 0.15) is 48.0 Å². The minimum atomic E-state index is -2.01. The fourth-order valence-corrected chi connectivity index (χ4v) is 8.01. The van der Waals surface area contributed by atoms with Crippen molar-refractivity contribution >= 4 is 17.3 Å². The van der Waals surface area contributed by atoms with Crippen LogP contribution in [0.15, 0.2) is 18.2 Å². The number of hydrogen-bond acceptors (Lipinski definition) is 13. The summed E-state index contributed by atoms with van der Waals surface area (Å²) in [6.45, 7) is 5.87. The van der Waals surface area contributed by atoms with E-state index in [2.05, 4.69) is 4.90 Å². The van der Waals surface area contributed by atoms with Crippen LogP contribution in [0.5, 0.6) is 17.2 Å². The van der Waals surface area contributed by atoms with Crippen LogP contribution in [0, 0.1) is 5.92 Å². The maximum absolute atomic E-state index is 14.0. The van der Waals surface area contributed by atoms with Crippen molar-refractivity contribution in [2.45, 2.75) is 88.6 Å². The molecule has 7 rings (SSSR count). The van der Waals surface area contributed by atoms with Gasteiger partial charge >= 0.3 is 0 Å². The van der Waals surface area contributed by atoms with Gasteiger partial charge in [-0.15, -0.1) is 0 Å². The van der Waals surface area contributed by atoms with Crippen molar-refractivity contribution < 1.29 is 58.1 Å². The zero-order valence-electron chi connectivity index (χ0n) is 26.8. The molecule has 1 unspecified atom stereocenters. The zero-order valence-corrected chi connectivity index (χ0v) is 26.8. The summed E-state index contributed by atoms with van der Waals surface area (Å²) in [5.74, 6) is -3.50. The molecule has 13 nitrogen and oxygen atoms in total. The molecule has 47 heavy (non-hydrogen) atoms. The average Bonchev–Trinajstić information content (AvgIpc) is 3.43. The standard InChI is InChI=1S/C34H39NO12/c1-14(2)32(40)34(41)10-17-24(30(39)26-25(28(17)37)27(36)16-7-6-8-19(42-4)23(16)29(26)38)20(11-34)46-22-9-18-31(15(3)45-22)47-33-21(43-5)12-44-13-35(18)33/h6-8,14-15,18,20-22,31,33,37,39,41H,9-13H2,1-5H3/t15-,18?,20-,21-,22-,31+,33+,34-/m0/s1. The Labute approximate surface area is 271 Å². The van der Waals surface area contributed by atoms with Crippen molar-refractivity contribution in [1.29, 1.82) is 0 Å². The van der Waals surface area contributed by atoms with E-state index in [-0.39, 0.29) is 58.9 Å². The number of hydrogen-bond donors (Lipinski definition) is 3. The fourth-order valence-electron chi connectivity index (χ4n) is 8.01. The lowest BCUT2D eigenvalue weighted by molar-refractivity contribution is -0.248. The molecule has 0 saturated carbocycles. The topological polar surface area (TPSA) is 171 Å². The molecule has 0 bridgehead atoms. The second-order valence-electron chi connectivity index (χ2n) is 13.3. The molecule has 0 spiro atoms. The van der Waals surface area contributed by atoms with Crippen LogP contribution in [0.2, 0.25) is 0 Å². The van der Waals surface area contributed by atoms with Gasteiger partial charge in [-0.25, -0.2) is 4.90 Å². The Morgan fingerprint density at radius 1 is 1.06 bits per heavy atom. The SMILES string of the molecule is COc1cccc2c1C(=O)c1c(O)c3c(c(O)c1C2=O)C[C@@](O)(C(=O)C(C)C)C[C@@H]3O[C@H]1CC2[C@H](O[C@@H]3[C@@H](OC)COCN23)[C@H](C)O1. The molecule has 0 aromatic heterocycles. The minimum absolute atomic E-state index is 0.00210. The highest BCUT2D eigenvalue weighted by molar-refractivity contribution is 6.31. The van der Waals surface area contributed by atoms with Crippen molar-refractivity contribution in [3.8, 4) is 17.2 Å². The molecule has 3 saturated heterocycles. The van der Waals surface area contributed by atoms with Crippen molar-refractivity contribution in [3.05, 3.63) is 51.6 Å². The number of rotatable bonds is 6. The molecule has 2 aromatic carbocycles. The number of methoxy groups -OCH3 is 2. The molecule has 8 atom stereocenters. The first-order valence-electron chi connectivity index (χ1n) is 15.9. The fraction of sp³-hybridized carbons (Fsp3) is 0.559. The molecule has 2 aromatic rings. The van der Waals surface area contributed by atoms with E-state index in [1.165, 1.54) is 19.2 Å². The van der Waals surface area contributed by atoms with Gasteiger partial charge in [-0.3, -0.25) is 14.4 Å². The summed E-state index contributed by atoms with van der Waals surface area (Å²) in [6.07, 6.45) is -3.85. The van der Waals surface area contributed by atoms with Crippen LogP contribution >= 0.6 is 0 Å². The van der Waals surface area contributed by atoms with E-state index < -0.39 is 76.4 Å². The molecule has 3 fully saturated rings. The van der Waals surface area contributed by atoms with E-state index in [1.54, 1.807) is 27.0 Å². The number of fused-ring (bicyclic) bond motifs is 6. The number of phenols is 2. The average molecular weight is 654 g/mol. The number of ether oxygens (including phenoxy) is 6. The summed E-state index contributed by atoms with van der Waals surface area (Å²) in [5.41, 5.74) is -2.86. The third-order valence-corrected chi connectivity index (χ3v) is 10.2. The van der Waals surface area contributed by atoms with Crippen LogP contribution in [0.3, 0.4) is 0 Å². The molecule has 13 heteroatoms. The van der Waals surface area contributed by atoms with Gasteiger partial charge in [0.05, 0.1) is 42.6 Å². The number of carbonyl (C=O) groups is 3. The number of Topliss-reactive ketones (excluding diaryl/α,β-unsaturated/α-hetero) is 1. The lowest BCUT2D eigenvalue weighted by atomic mass is 9.70. The normalized spacial score (nSPS) is 33.1. The minimum Gasteiger partial charge on any atom is -0.507 e. The monoisotopic (exact) mass is 653 g/mol. The molecule has 0 amide bonds. The highest BCUT2D eigenvalue weighted by Gasteiger charge is 2.55. The quantitative estimate of drug-likeness (QED) is 0.332. The number of aromatic hydroxyl groups is 2. The van der Waals surface area contributed by atoms with E-state index in [9.17, 15) is 29.7 Å². The van der Waals surface area contributed by atoms with Crippen LogP contribution in [0.1, 0.15) is 82.7 Å². The molecule has 3 aliphatic heterocycles. The Morgan fingerprint density at radius 2 is 1.81 bits per heavy atom. The van der Waals surface area contributed by atoms with Crippen LogP contribution in [-0.2, 0) is 34.9 Å². The number of benzene rings is 2. The number of carbonyl (C=O) groups excluding carboxylic acids is 3. The highest BCUT2D eigenvalue weighted by atomic mass is 16.7. The second kappa shape index (κ2) is 11.6. The van der Waals surface area contributed by atoms with E-state index >= 15 is 0 Å². The summed E-state index contributed by atoms with van der Waals surface area (Å²) >= 11 is 0. The molecular formula is C34H39NO12. The Bertz CT molecular complexity index is 1660. The van der Waals surface area contributed by atoms with Gasteiger partial charge in [-0.1, -0.05) is 26.0 Å². The first kappa shape index (κ1) is 32.1. The van der Waals surface area contributed by atoms with E-state index in [4.69, 9.17) is 28.4 Å². The second-order valence-corrected chi connectivity index (χ2v) is 13.3. The van der Waals surface area contributed by atoms with E-state index in [1.807, 2.05) is 6.92 Å². The lowest BCUT2D eigenvalue weighted by Gasteiger charge is -2.43. The smallest absolute Gasteiger partial charge is 0.202 e. The van der Waals surface area contributed by atoms with Crippen molar-refractivity contribution in [1.82, 2.24) is 4.90 Å². The van der Waals surface area contributed by atoms with Gasteiger partial charge in [-0.2, -0.15) is 0 Å². The first-order valence-corrected chi connectivity index (χ1v) is 15.9. The molecule has 5 aliphatic rings. The first-order chi connectivity index (χ1) is 22.4. The summed E-state index contributed by atoms with van der Waals surface area (Å²) in [6, 6.07) is 4.34. The molecule has 2 aliphatic carbocycles. The van der Waals surface area contributed by atoms with Gasteiger partial charge in [0.2, 0.25) is 5.78 Å². The van der Waals surface area contributed by atoms with Gasteiger partial charge in [0.15, 0.2) is 17.9 Å². The van der Waals surface area contributed by atoms with E-state index in [0.29, 0.717) is 19.8 Å². The number of nitrogens with zero attached hydrogens (tertiary/aromatic N) is 1. The molecule has 0 radical (unpaired) electrons. The predicted octanol–water partition coefficient (Wildman–Crippen LogP) is 2.38. The Hall–Kier alpha value is -3.43. The predicted molar refractivity (Wildman–Crippen MR) is 161 cm³/mol. The molecule has 252 valence electrons. The highest BCUT2D eigenvalue weighted by Crippen LogP contribution is 2.53. The van der Waals surface area contributed by atoms with E-state index in [0.717, 1.165) is 0 Å². The largest absolute Gasteiger partial charge is 0.507 e. The van der Waals surface area contributed by atoms with Crippen LogP contribution < -0.4 is 4.74 Å². The summed E-state index contributed by atoms with van der Waals surface area (Å²) < 4.78 is 35.8. The Kier molecular flexibility index (Phi) is 7.94. The number of ketones is 3. The third-order valence-electron chi connectivity index (χ3n) is 10.2. The van der Waals surface area contributed by atoms with Crippen LogP contribution in [-0.4, -0.2) is 108 Å². The Balaban J connectivity index is 1.30. The molecule has 3 N–H and O–H groups in total. The van der Waals surface area contributed by atoms with Gasteiger partial charge in [0.25, 0.3) is 0 Å². The van der Waals surface area contributed by atoms with Gasteiger partial charge < -0.3 is 43.7 Å². The van der Waals surface area contributed by atoms with Crippen LogP contribution in [0.4, 0.5) is 0 Å². The molecule has 3 heterocycles. The van der Waals surface area contributed by atoms with Crippen LogP contribution in [0.25, 0.3) is 0 Å². The summed E-state index contributed by atoms with van der Waals surface area (Å²) in [4.78, 5) is 43.3. The van der Waals surface area contributed by atoms with Crippen molar-refractivity contribution in [3.63, 3.8) is 0 Å². The molecular weight excluding hydrogens is 614 g/mol. The maximum atomic E-state index is 14.0.